The second-order valence-corrected chi connectivity index (χ2v) is 7.93. The molecule has 7 heteroatoms. The summed E-state index contributed by atoms with van der Waals surface area (Å²) in [6.07, 6.45) is 8.25. The van der Waals surface area contributed by atoms with Crippen molar-refractivity contribution in [2.75, 3.05) is 7.11 Å². The van der Waals surface area contributed by atoms with Gasteiger partial charge in [-0.1, -0.05) is 65.7 Å². The third kappa shape index (κ3) is 5.12. The van der Waals surface area contributed by atoms with Crippen LogP contribution in [0.3, 0.4) is 0 Å². The minimum Gasteiger partial charge on any atom is -0.496 e. The number of halogens is 4. The van der Waals surface area contributed by atoms with E-state index in [1.807, 2.05) is 18.2 Å². The number of hydrogen-bond acceptors (Lipinski definition) is 3. The first-order chi connectivity index (χ1) is 14.1. The van der Waals surface area contributed by atoms with Crippen molar-refractivity contribution in [1.82, 2.24) is 9.88 Å². The van der Waals surface area contributed by atoms with E-state index in [2.05, 4.69) is 59.4 Å². The van der Waals surface area contributed by atoms with Crippen molar-refractivity contribution in [3.63, 3.8) is 0 Å². The van der Waals surface area contributed by atoms with Gasteiger partial charge in [-0.25, -0.2) is 0 Å². The summed E-state index contributed by atoms with van der Waals surface area (Å²) in [7, 11) is 1.70. The summed E-state index contributed by atoms with van der Waals surface area (Å²) in [5.74, 6) is 0.864. The SMILES string of the molecule is COc1cccc2c1C=CN(C(C)c1ccccc1)C2Cc1c(Cl)cncc1Cl.Cl.Cl. The molecular weight excluding hydrogens is 474 g/mol. The van der Waals surface area contributed by atoms with Gasteiger partial charge >= 0.3 is 0 Å². The fourth-order valence-electron chi connectivity index (χ4n) is 3.98. The van der Waals surface area contributed by atoms with Crippen LogP contribution in [0.2, 0.25) is 10.0 Å². The average molecular weight is 498 g/mol. The lowest BCUT2D eigenvalue weighted by Gasteiger charge is -2.40. The predicted molar refractivity (Wildman–Crippen MR) is 134 cm³/mol. The fraction of sp³-hybridized carbons (Fsp3) is 0.208. The summed E-state index contributed by atoms with van der Waals surface area (Å²) in [4.78, 5) is 6.46. The Kier molecular flexibility index (Phi) is 9.08. The lowest BCUT2D eigenvalue weighted by atomic mass is 9.89. The topological polar surface area (TPSA) is 25.4 Å². The predicted octanol–water partition coefficient (Wildman–Crippen LogP) is 7.57. The van der Waals surface area contributed by atoms with Gasteiger partial charge in [0.05, 0.1) is 29.2 Å². The minimum atomic E-state index is 0. The number of hydrogen-bond donors (Lipinski definition) is 0. The van der Waals surface area contributed by atoms with Gasteiger partial charge in [0.2, 0.25) is 0 Å². The molecule has 0 spiro atoms. The minimum absolute atomic E-state index is 0. The molecule has 0 aliphatic carbocycles. The molecule has 4 rings (SSSR count). The molecule has 0 bridgehead atoms. The molecule has 2 heterocycles. The van der Waals surface area contributed by atoms with Crippen molar-refractivity contribution >= 4 is 54.1 Å². The number of ether oxygens (including phenoxy) is 1. The van der Waals surface area contributed by atoms with Crippen molar-refractivity contribution in [1.29, 1.82) is 0 Å². The Balaban J connectivity index is 0.00000171. The fourth-order valence-corrected chi connectivity index (χ4v) is 4.50. The van der Waals surface area contributed by atoms with E-state index in [1.54, 1.807) is 19.5 Å². The summed E-state index contributed by atoms with van der Waals surface area (Å²) in [6, 6.07) is 16.9. The van der Waals surface area contributed by atoms with Crippen LogP contribution in [0.15, 0.2) is 67.1 Å². The van der Waals surface area contributed by atoms with Crippen LogP contribution in [0.25, 0.3) is 6.08 Å². The highest BCUT2D eigenvalue weighted by molar-refractivity contribution is 6.35. The first kappa shape index (κ1) is 25.4. The van der Waals surface area contributed by atoms with Crippen molar-refractivity contribution in [3.8, 4) is 5.75 Å². The molecule has 2 unspecified atom stereocenters. The van der Waals surface area contributed by atoms with E-state index in [-0.39, 0.29) is 36.9 Å². The third-order valence-electron chi connectivity index (χ3n) is 5.53. The molecule has 0 saturated heterocycles. The lowest BCUT2D eigenvalue weighted by Crippen LogP contribution is -2.31. The van der Waals surface area contributed by atoms with Gasteiger partial charge in [0, 0.05) is 30.6 Å². The third-order valence-corrected chi connectivity index (χ3v) is 6.18. The first-order valence-electron chi connectivity index (χ1n) is 9.55. The van der Waals surface area contributed by atoms with Crippen molar-refractivity contribution in [2.45, 2.75) is 25.4 Å². The largest absolute Gasteiger partial charge is 0.496 e. The number of fused-ring (bicyclic) bond motifs is 1. The van der Waals surface area contributed by atoms with Crippen LogP contribution in [0.5, 0.6) is 5.75 Å². The molecule has 2 atom stereocenters. The summed E-state index contributed by atoms with van der Waals surface area (Å²) >= 11 is 12.9. The van der Waals surface area contributed by atoms with Gasteiger partial charge in [-0.15, -0.1) is 24.8 Å². The van der Waals surface area contributed by atoms with Crippen LogP contribution < -0.4 is 4.74 Å². The normalized spacial score (nSPS) is 15.4. The molecule has 164 valence electrons. The number of benzene rings is 2. The molecule has 0 saturated carbocycles. The van der Waals surface area contributed by atoms with Crippen LogP contribution in [0.1, 0.15) is 41.3 Å². The van der Waals surface area contributed by atoms with Crippen LogP contribution in [0.4, 0.5) is 0 Å². The van der Waals surface area contributed by atoms with E-state index in [0.717, 1.165) is 16.9 Å². The van der Waals surface area contributed by atoms with Gasteiger partial charge in [-0.2, -0.15) is 0 Å². The molecule has 3 aromatic rings. The maximum Gasteiger partial charge on any atom is 0.126 e. The summed E-state index contributed by atoms with van der Waals surface area (Å²) in [5.41, 5.74) is 4.44. The highest BCUT2D eigenvalue weighted by Gasteiger charge is 2.30. The van der Waals surface area contributed by atoms with Gasteiger partial charge in [0.1, 0.15) is 5.75 Å². The van der Waals surface area contributed by atoms with Crippen LogP contribution >= 0.6 is 48.0 Å². The number of methoxy groups -OCH3 is 1. The molecule has 0 N–H and O–H groups in total. The molecule has 1 aliphatic rings. The molecule has 0 radical (unpaired) electrons. The van der Waals surface area contributed by atoms with E-state index in [1.165, 1.54) is 11.1 Å². The van der Waals surface area contributed by atoms with Crippen molar-refractivity contribution in [2.24, 2.45) is 0 Å². The Morgan fingerprint density at radius 2 is 1.68 bits per heavy atom. The molecule has 0 amide bonds. The zero-order valence-electron chi connectivity index (χ0n) is 17.2. The van der Waals surface area contributed by atoms with E-state index < -0.39 is 0 Å². The highest BCUT2D eigenvalue weighted by Crippen LogP contribution is 2.42. The zero-order valence-corrected chi connectivity index (χ0v) is 20.3. The molecule has 1 aliphatic heterocycles. The Morgan fingerprint density at radius 1 is 1.00 bits per heavy atom. The lowest BCUT2D eigenvalue weighted by molar-refractivity contribution is 0.214. The number of pyridine rings is 1. The molecular formula is C24H24Cl4N2O. The zero-order chi connectivity index (χ0) is 20.4. The van der Waals surface area contributed by atoms with E-state index in [4.69, 9.17) is 27.9 Å². The van der Waals surface area contributed by atoms with Gasteiger partial charge in [-0.05, 0) is 35.8 Å². The molecule has 31 heavy (non-hydrogen) atoms. The van der Waals surface area contributed by atoms with Crippen LogP contribution in [-0.2, 0) is 6.42 Å². The monoisotopic (exact) mass is 496 g/mol. The Morgan fingerprint density at radius 3 is 2.32 bits per heavy atom. The number of rotatable bonds is 5. The highest BCUT2D eigenvalue weighted by atomic mass is 35.5. The maximum atomic E-state index is 6.47. The summed E-state index contributed by atoms with van der Waals surface area (Å²) in [6.45, 7) is 2.22. The summed E-state index contributed by atoms with van der Waals surface area (Å²) < 4.78 is 5.61. The quantitative estimate of drug-likeness (QED) is 0.363. The second-order valence-electron chi connectivity index (χ2n) is 7.11. The van der Waals surface area contributed by atoms with Gasteiger partial charge < -0.3 is 9.64 Å². The van der Waals surface area contributed by atoms with Crippen molar-refractivity contribution < 1.29 is 4.74 Å². The van der Waals surface area contributed by atoms with Gasteiger partial charge in [0.25, 0.3) is 0 Å². The first-order valence-corrected chi connectivity index (χ1v) is 10.3. The second kappa shape index (κ2) is 11.1. The Bertz CT molecular complexity index is 1020. The van der Waals surface area contributed by atoms with Gasteiger partial charge in [0.15, 0.2) is 0 Å². The average Bonchev–Trinajstić information content (AvgIpc) is 2.76. The van der Waals surface area contributed by atoms with Crippen LogP contribution in [-0.4, -0.2) is 17.0 Å². The van der Waals surface area contributed by atoms with E-state index in [0.29, 0.717) is 16.5 Å². The van der Waals surface area contributed by atoms with Gasteiger partial charge in [-0.3, -0.25) is 4.98 Å². The molecule has 3 nitrogen and oxygen atoms in total. The smallest absolute Gasteiger partial charge is 0.126 e. The molecule has 1 aromatic heterocycles. The standard InChI is InChI=1S/C24H22Cl2N2O.2ClH/c1-16(17-7-4-3-5-8-17)28-12-11-19-18(9-6-10-24(19)29-2)23(28)13-20-21(25)14-27-15-22(20)26;;/h3-12,14-16,23H,13H2,1-2H3;2*1H. The van der Waals surface area contributed by atoms with E-state index >= 15 is 0 Å². The Labute approximate surface area is 205 Å². The summed E-state index contributed by atoms with van der Waals surface area (Å²) in [5, 5.41) is 1.17. The number of aromatic nitrogens is 1. The number of nitrogens with zero attached hydrogens (tertiary/aromatic N) is 2. The molecule has 2 aromatic carbocycles. The van der Waals surface area contributed by atoms with Crippen molar-refractivity contribution in [3.05, 3.63) is 99.4 Å². The maximum absolute atomic E-state index is 6.47. The molecule has 0 fully saturated rings. The van der Waals surface area contributed by atoms with E-state index in [9.17, 15) is 0 Å². The van der Waals surface area contributed by atoms with Crippen LogP contribution in [0, 0.1) is 0 Å². The Hall–Kier alpha value is -1.91.